The van der Waals surface area contributed by atoms with E-state index in [1.165, 1.54) is 12.1 Å². The Kier molecular flexibility index (Phi) is 7.03. The Bertz CT molecular complexity index is 813. The van der Waals surface area contributed by atoms with Crippen LogP contribution in [0, 0.1) is 13.8 Å². The average molecular weight is 394 g/mol. The summed E-state index contributed by atoms with van der Waals surface area (Å²) in [4.78, 5) is 24.0. The maximum absolute atomic E-state index is 12.1. The first-order chi connectivity index (χ1) is 13.1. The van der Waals surface area contributed by atoms with E-state index in [2.05, 4.69) is 15.4 Å². The third-order valence-corrected chi connectivity index (χ3v) is 3.71. The third-order valence-electron chi connectivity index (χ3n) is 3.71. The molecular formula is C20H21F3N2O3. The first kappa shape index (κ1) is 21.3. The average Bonchev–Trinajstić information content (AvgIpc) is 2.62. The quantitative estimate of drug-likeness (QED) is 0.757. The number of amides is 2. The molecule has 0 radical (unpaired) electrons. The minimum Gasteiger partial charge on any atom is -0.484 e. The topological polar surface area (TPSA) is 67.4 Å². The van der Waals surface area contributed by atoms with Gasteiger partial charge in [-0.3, -0.25) is 9.59 Å². The monoisotopic (exact) mass is 394 g/mol. The summed E-state index contributed by atoms with van der Waals surface area (Å²) in [6, 6.07) is 11.3. The van der Waals surface area contributed by atoms with Gasteiger partial charge in [-0.15, -0.1) is 0 Å². The minimum absolute atomic E-state index is 0.0908. The van der Waals surface area contributed by atoms with Crippen LogP contribution < -0.4 is 15.4 Å². The Balaban J connectivity index is 1.77. The number of hydrogen-bond acceptors (Lipinski definition) is 3. The molecule has 0 aromatic heterocycles. The number of ether oxygens (including phenoxy) is 1. The molecule has 0 saturated heterocycles. The van der Waals surface area contributed by atoms with Crippen LogP contribution in [0.4, 0.5) is 13.2 Å². The molecule has 2 aromatic rings. The van der Waals surface area contributed by atoms with Crippen molar-refractivity contribution in [3.05, 3.63) is 64.7 Å². The zero-order valence-corrected chi connectivity index (χ0v) is 15.5. The van der Waals surface area contributed by atoms with E-state index in [0.717, 1.165) is 11.1 Å². The highest BCUT2D eigenvalue weighted by atomic mass is 19.4. The zero-order chi connectivity index (χ0) is 20.7. The van der Waals surface area contributed by atoms with Gasteiger partial charge < -0.3 is 15.4 Å². The number of nitrogens with one attached hydrogen (secondary N) is 2. The Morgan fingerprint density at radius 1 is 0.964 bits per heavy atom. The fraction of sp³-hybridized carbons (Fsp3) is 0.300. The number of rotatable bonds is 7. The summed E-state index contributed by atoms with van der Waals surface area (Å²) in [6.07, 6.45) is -4.39. The van der Waals surface area contributed by atoms with Crippen LogP contribution in [0.3, 0.4) is 0 Å². The Morgan fingerprint density at radius 3 is 2.14 bits per heavy atom. The lowest BCUT2D eigenvalue weighted by molar-refractivity contribution is -0.153. The van der Waals surface area contributed by atoms with Crippen LogP contribution in [0.2, 0.25) is 0 Å². The largest absolute Gasteiger partial charge is 0.484 e. The Labute approximate surface area is 160 Å². The van der Waals surface area contributed by atoms with Crippen molar-refractivity contribution in [1.82, 2.24) is 10.6 Å². The molecule has 0 aliphatic rings. The van der Waals surface area contributed by atoms with Gasteiger partial charge in [0.15, 0.2) is 6.61 Å². The number of halogens is 3. The lowest BCUT2D eigenvalue weighted by Gasteiger charge is -2.10. The second-order valence-corrected chi connectivity index (χ2v) is 6.38. The third kappa shape index (κ3) is 7.30. The van der Waals surface area contributed by atoms with Gasteiger partial charge in [0.25, 0.3) is 5.91 Å². The van der Waals surface area contributed by atoms with E-state index in [1.807, 2.05) is 19.9 Å². The van der Waals surface area contributed by atoms with Gasteiger partial charge in [-0.05, 0) is 43.7 Å². The Hall–Kier alpha value is -3.03. The van der Waals surface area contributed by atoms with Crippen LogP contribution in [0.15, 0.2) is 42.5 Å². The number of hydrogen-bond donors (Lipinski definition) is 2. The number of alkyl halides is 3. The smallest absolute Gasteiger partial charge is 0.422 e. The van der Waals surface area contributed by atoms with Crippen LogP contribution in [-0.4, -0.2) is 31.1 Å². The van der Waals surface area contributed by atoms with Crippen molar-refractivity contribution in [2.24, 2.45) is 0 Å². The highest BCUT2D eigenvalue weighted by molar-refractivity contribution is 5.96. The predicted molar refractivity (Wildman–Crippen MR) is 98.1 cm³/mol. The standard InChI is InChI=1S/C20H21F3N2O3/c1-13-7-14(2)9-16(8-13)19(27)25-11-18(26)24-10-15-3-5-17(6-4-15)28-12-20(21,22)23/h3-9H,10-12H2,1-2H3,(H,24,26)(H,25,27). The molecule has 0 aliphatic heterocycles. The first-order valence-corrected chi connectivity index (χ1v) is 8.54. The highest BCUT2D eigenvalue weighted by Crippen LogP contribution is 2.18. The van der Waals surface area contributed by atoms with Gasteiger partial charge in [-0.1, -0.05) is 29.3 Å². The fourth-order valence-corrected chi connectivity index (χ4v) is 2.50. The highest BCUT2D eigenvalue weighted by Gasteiger charge is 2.28. The molecule has 28 heavy (non-hydrogen) atoms. The first-order valence-electron chi connectivity index (χ1n) is 8.54. The van der Waals surface area contributed by atoms with Crippen LogP contribution in [0.5, 0.6) is 5.75 Å². The van der Waals surface area contributed by atoms with Crippen molar-refractivity contribution in [2.75, 3.05) is 13.2 Å². The molecule has 0 saturated carbocycles. The van der Waals surface area contributed by atoms with Crippen LogP contribution in [0.25, 0.3) is 0 Å². The lowest BCUT2D eigenvalue weighted by Crippen LogP contribution is -2.36. The molecule has 0 bridgehead atoms. The van der Waals surface area contributed by atoms with E-state index in [1.54, 1.807) is 24.3 Å². The molecule has 0 aliphatic carbocycles. The van der Waals surface area contributed by atoms with E-state index in [4.69, 9.17) is 0 Å². The van der Waals surface area contributed by atoms with Gasteiger partial charge in [-0.25, -0.2) is 0 Å². The molecule has 8 heteroatoms. The molecule has 2 amide bonds. The van der Waals surface area contributed by atoms with Crippen molar-refractivity contribution in [1.29, 1.82) is 0 Å². The van der Waals surface area contributed by atoms with Crippen molar-refractivity contribution >= 4 is 11.8 Å². The SMILES string of the molecule is Cc1cc(C)cc(C(=O)NCC(=O)NCc2ccc(OCC(F)(F)F)cc2)c1. The molecule has 0 fully saturated rings. The zero-order valence-electron chi connectivity index (χ0n) is 15.5. The molecule has 2 rings (SSSR count). The summed E-state index contributed by atoms with van der Waals surface area (Å²) < 4.78 is 40.9. The summed E-state index contributed by atoms with van der Waals surface area (Å²) in [5, 5.41) is 5.18. The van der Waals surface area contributed by atoms with E-state index in [0.29, 0.717) is 11.1 Å². The lowest BCUT2D eigenvalue weighted by atomic mass is 10.1. The molecule has 0 atom stereocenters. The van der Waals surface area contributed by atoms with Gasteiger partial charge >= 0.3 is 6.18 Å². The number of carbonyl (C=O) groups is 2. The molecule has 0 unspecified atom stereocenters. The van der Waals surface area contributed by atoms with Gasteiger partial charge in [-0.2, -0.15) is 13.2 Å². The summed E-state index contributed by atoms with van der Waals surface area (Å²) >= 11 is 0. The molecular weight excluding hydrogens is 373 g/mol. The molecule has 0 heterocycles. The van der Waals surface area contributed by atoms with E-state index in [-0.39, 0.29) is 30.7 Å². The number of aryl methyl sites for hydroxylation is 2. The van der Waals surface area contributed by atoms with Gasteiger partial charge in [0.1, 0.15) is 5.75 Å². The van der Waals surface area contributed by atoms with Gasteiger partial charge in [0.2, 0.25) is 5.91 Å². The predicted octanol–water partition coefficient (Wildman–Crippen LogP) is 3.29. The summed E-state index contributed by atoms with van der Waals surface area (Å²) in [5.74, 6) is -0.628. The molecule has 5 nitrogen and oxygen atoms in total. The number of benzene rings is 2. The molecule has 0 spiro atoms. The summed E-state index contributed by atoms with van der Waals surface area (Å²) in [6.45, 7) is 2.41. The minimum atomic E-state index is -4.39. The second-order valence-electron chi connectivity index (χ2n) is 6.38. The van der Waals surface area contributed by atoms with Crippen molar-refractivity contribution in [3.63, 3.8) is 0 Å². The van der Waals surface area contributed by atoms with Crippen LogP contribution >= 0.6 is 0 Å². The number of carbonyl (C=O) groups excluding carboxylic acids is 2. The van der Waals surface area contributed by atoms with E-state index in [9.17, 15) is 22.8 Å². The fourth-order valence-electron chi connectivity index (χ4n) is 2.50. The van der Waals surface area contributed by atoms with E-state index >= 15 is 0 Å². The van der Waals surface area contributed by atoms with Gasteiger partial charge in [0.05, 0.1) is 6.54 Å². The Morgan fingerprint density at radius 2 is 1.57 bits per heavy atom. The van der Waals surface area contributed by atoms with Crippen LogP contribution in [0.1, 0.15) is 27.0 Å². The van der Waals surface area contributed by atoms with Crippen molar-refractivity contribution in [3.8, 4) is 5.75 Å². The van der Waals surface area contributed by atoms with E-state index < -0.39 is 12.8 Å². The normalized spacial score (nSPS) is 11.0. The van der Waals surface area contributed by atoms with Crippen LogP contribution in [-0.2, 0) is 11.3 Å². The molecule has 150 valence electrons. The summed E-state index contributed by atoms with van der Waals surface area (Å²) in [5.41, 5.74) is 3.09. The second kappa shape index (κ2) is 9.25. The molecule has 2 N–H and O–H groups in total. The molecule has 2 aromatic carbocycles. The summed E-state index contributed by atoms with van der Waals surface area (Å²) in [7, 11) is 0. The maximum atomic E-state index is 12.1. The maximum Gasteiger partial charge on any atom is 0.422 e. The van der Waals surface area contributed by atoms with Crippen molar-refractivity contribution in [2.45, 2.75) is 26.6 Å². The van der Waals surface area contributed by atoms with Crippen molar-refractivity contribution < 1.29 is 27.5 Å². The van der Waals surface area contributed by atoms with Gasteiger partial charge in [0, 0.05) is 12.1 Å².